The van der Waals surface area contributed by atoms with Gasteiger partial charge in [-0.25, -0.2) is 4.98 Å². The van der Waals surface area contributed by atoms with Crippen molar-refractivity contribution in [2.75, 3.05) is 0 Å². The first kappa shape index (κ1) is 32.7. The Labute approximate surface area is 311 Å². The van der Waals surface area contributed by atoms with Crippen LogP contribution in [0.1, 0.15) is 33.6 Å². The predicted molar refractivity (Wildman–Crippen MR) is 203 cm³/mol. The molecular weight excluding hydrogens is 810 g/mol. The summed E-state index contributed by atoms with van der Waals surface area (Å²) in [5.41, 5.74) is 13.3. The van der Waals surface area contributed by atoms with Crippen LogP contribution in [0.4, 0.5) is 0 Å². The minimum atomic E-state index is 0. The van der Waals surface area contributed by atoms with E-state index >= 15 is 0 Å². The summed E-state index contributed by atoms with van der Waals surface area (Å²) in [5.74, 6) is 2.00. The third-order valence-corrected chi connectivity index (χ3v) is 9.86. The van der Waals surface area contributed by atoms with E-state index in [1.807, 2.05) is 49.0 Å². The fraction of sp³-hybridized carbons (Fsp3) is 0.136. The zero-order chi connectivity index (χ0) is 34.3. The quantitative estimate of drug-likeness (QED) is 0.162. The number of aryl methyl sites for hydroxylation is 6. The van der Waals surface area contributed by atoms with Crippen LogP contribution in [0, 0.1) is 53.7 Å². The zero-order valence-corrected chi connectivity index (χ0v) is 31.5. The minimum absolute atomic E-state index is 0. The second kappa shape index (κ2) is 12.4. The number of pyridine rings is 1. The Morgan fingerprint density at radius 1 is 0.608 bits per heavy atom. The Hall–Kier alpha value is -5.45. The van der Waals surface area contributed by atoms with Crippen LogP contribution in [0.3, 0.4) is 0 Å². The molecule has 5 aromatic carbocycles. The number of aromatic nitrogens is 5. The van der Waals surface area contributed by atoms with Crippen LogP contribution in [0.2, 0.25) is 0 Å². The second-order valence-electron chi connectivity index (χ2n) is 13.3. The summed E-state index contributed by atoms with van der Waals surface area (Å²) in [6.45, 7) is 12.9. The van der Waals surface area contributed by atoms with Gasteiger partial charge in [-0.1, -0.05) is 48.0 Å². The molecule has 9 rings (SSSR count). The van der Waals surface area contributed by atoms with Gasteiger partial charge in [-0.2, -0.15) is 17.2 Å². The van der Waals surface area contributed by atoms with E-state index in [1.54, 1.807) is 0 Å². The van der Waals surface area contributed by atoms with Gasteiger partial charge >= 0.3 is 21.1 Å². The van der Waals surface area contributed by atoms with Crippen molar-refractivity contribution in [2.24, 2.45) is 0 Å². The number of hydrogen-bond acceptors (Lipinski definition) is 3. The molecule has 4 heterocycles. The van der Waals surface area contributed by atoms with E-state index in [1.165, 1.54) is 44.1 Å². The van der Waals surface area contributed by atoms with E-state index in [9.17, 15) is 0 Å². The summed E-state index contributed by atoms with van der Waals surface area (Å²) in [5, 5.41) is 9.46. The van der Waals surface area contributed by atoms with Gasteiger partial charge in [0, 0.05) is 45.7 Å². The molecule has 0 aliphatic carbocycles. The molecule has 0 fully saturated rings. The number of hydrogen-bond donors (Lipinski definition) is 0. The maximum Gasteiger partial charge on any atom is 2.00 e. The number of rotatable bonds is 5. The summed E-state index contributed by atoms with van der Waals surface area (Å²) in [6.07, 6.45) is 1.92. The van der Waals surface area contributed by atoms with E-state index in [0.29, 0.717) is 11.5 Å². The Bertz CT molecular complexity index is 2750. The van der Waals surface area contributed by atoms with Crippen molar-refractivity contribution in [3.05, 3.63) is 149 Å². The average molecular weight is 845 g/mol. The van der Waals surface area contributed by atoms with Crippen LogP contribution in [0.25, 0.3) is 60.8 Å². The molecule has 0 radical (unpaired) electrons. The standard InChI is InChI=1S/C44H35N5O.Pt/c1-26-14-16-28(3)43-41(26)42-27(2)15-17-29(4)44(42)47(43)32-20-21-45-40(24-32)48-38-13-8-7-12-36(38)37-19-18-35(25-39(37)48)50-34-11-9-10-33(23-34)49-31(6)22-30(5)46-49;/h7-22,24H,1-6H3;/q-2;+2. The van der Waals surface area contributed by atoms with E-state index in [4.69, 9.17) is 9.72 Å². The number of para-hydroxylation sites is 1. The van der Waals surface area contributed by atoms with Gasteiger partial charge in [0.2, 0.25) is 0 Å². The zero-order valence-electron chi connectivity index (χ0n) is 29.3. The molecule has 0 spiro atoms. The molecule has 0 amide bonds. The molecule has 0 aliphatic rings. The van der Waals surface area contributed by atoms with Crippen LogP contribution in [0.5, 0.6) is 11.5 Å². The van der Waals surface area contributed by atoms with Crippen molar-refractivity contribution in [2.45, 2.75) is 41.5 Å². The SMILES string of the molecule is Cc1cc(C)n(-c2[c-]c(Oc3[c-]c4c(cc3)c3ccccc3n4-c3cc(-n4c5c(C)ccc(C)c5c5c(C)ccc(C)c54)ccn3)ccc2)n1.[Pt+2]. The number of nitrogens with zero attached hydrogens (tertiary/aromatic N) is 5. The molecular formula is C44H35N5OPt. The third-order valence-electron chi connectivity index (χ3n) is 9.86. The summed E-state index contributed by atoms with van der Waals surface area (Å²) < 4.78 is 12.9. The molecule has 51 heavy (non-hydrogen) atoms. The topological polar surface area (TPSA) is 49.8 Å². The Morgan fingerprint density at radius 3 is 2.00 bits per heavy atom. The summed E-state index contributed by atoms with van der Waals surface area (Å²) >= 11 is 0. The van der Waals surface area contributed by atoms with Crippen molar-refractivity contribution < 1.29 is 25.8 Å². The van der Waals surface area contributed by atoms with Crippen LogP contribution in [-0.4, -0.2) is 23.9 Å². The smallest absolute Gasteiger partial charge is 0.509 e. The maximum atomic E-state index is 6.42. The van der Waals surface area contributed by atoms with Gasteiger partial charge in [0.1, 0.15) is 5.82 Å². The van der Waals surface area contributed by atoms with Crippen LogP contribution < -0.4 is 4.74 Å². The average Bonchev–Trinajstić information content (AvgIpc) is 3.78. The molecule has 252 valence electrons. The van der Waals surface area contributed by atoms with Crippen molar-refractivity contribution in [1.82, 2.24) is 23.9 Å². The summed E-state index contributed by atoms with van der Waals surface area (Å²) in [7, 11) is 0. The fourth-order valence-corrected chi connectivity index (χ4v) is 7.62. The molecule has 0 saturated carbocycles. The number of ether oxygens (including phenoxy) is 1. The van der Waals surface area contributed by atoms with Gasteiger partial charge in [0.15, 0.2) is 0 Å². The number of benzene rings is 5. The van der Waals surface area contributed by atoms with Gasteiger partial charge in [-0.15, -0.1) is 35.7 Å². The molecule has 6 nitrogen and oxygen atoms in total. The Kier molecular flexibility index (Phi) is 7.96. The van der Waals surface area contributed by atoms with Crippen molar-refractivity contribution in [1.29, 1.82) is 0 Å². The van der Waals surface area contributed by atoms with Gasteiger partial charge in [0.05, 0.1) is 22.4 Å². The Balaban J connectivity index is 0.00000374. The molecule has 0 atom stereocenters. The van der Waals surface area contributed by atoms with Gasteiger partial charge in [-0.3, -0.25) is 4.68 Å². The van der Waals surface area contributed by atoms with Gasteiger partial charge in [-0.05, 0) is 93.1 Å². The minimum Gasteiger partial charge on any atom is -0.509 e. The molecule has 0 N–H and O–H groups in total. The molecule has 0 saturated heterocycles. The van der Waals surface area contributed by atoms with Crippen LogP contribution >= 0.6 is 0 Å². The summed E-state index contributed by atoms with van der Waals surface area (Å²) in [6, 6.07) is 40.7. The first-order valence-corrected chi connectivity index (χ1v) is 16.9. The molecule has 7 heteroatoms. The fourth-order valence-electron chi connectivity index (χ4n) is 7.62. The van der Waals surface area contributed by atoms with E-state index in [0.717, 1.165) is 50.4 Å². The monoisotopic (exact) mass is 844 g/mol. The molecule has 0 aliphatic heterocycles. The predicted octanol–water partition coefficient (Wildman–Crippen LogP) is 10.7. The number of fused-ring (bicyclic) bond motifs is 6. The maximum absolute atomic E-state index is 6.42. The largest absolute Gasteiger partial charge is 2.00 e. The normalized spacial score (nSPS) is 11.6. The first-order valence-electron chi connectivity index (χ1n) is 16.9. The van der Waals surface area contributed by atoms with E-state index < -0.39 is 0 Å². The van der Waals surface area contributed by atoms with Crippen molar-refractivity contribution >= 4 is 43.6 Å². The first-order chi connectivity index (χ1) is 24.3. The van der Waals surface area contributed by atoms with Crippen LogP contribution in [-0.2, 0) is 21.1 Å². The van der Waals surface area contributed by atoms with Crippen LogP contribution in [0.15, 0.2) is 103 Å². The molecule has 0 bridgehead atoms. The molecule has 4 aromatic heterocycles. The molecule has 9 aromatic rings. The van der Waals surface area contributed by atoms with Crippen molar-refractivity contribution in [3.63, 3.8) is 0 Å². The van der Waals surface area contributed by atoms with Crippen molar-refractivity contribution in [3.8, 4) is 28.7 Å². The van der Waals surface area contributed by atoms with E-state index in [2.05, 4.69) is 127 Å². The van der Waals surface area contributed by atoms with Gasteiger partial charge < -0.3 is 13.9 Å². The third kappa shape index (κ3) is 5.20. The Morgan fingerprint density at radius 2 is 1.29 bits per heavy atom. The van der Waals surface area contributed by atoms with E-state index in [-0.39, 0.29) is 21.1 Å². The molecule has 0 unspecified atom stereocenters. The summed E-state index contributed by atoms with van der Waals surface area (Å²) in [4.78, 5) is 4.97. The van der Waals surface area contributed by atoms with Gasteiger partial charge in [0.25, 0.3) is 0 Å². The second-order valence-corrected chi connectivity index (χ2v) is 13.3.